The fourth-order valence-corrected chi connectivity index (χ4v) is 4.90. The number of hydrogen-bond donors (Lipinski definition) is 0. The summed E-state index contributed by atoms with van der Waals surface area (Å²) in [6.07, 6.45) is 0.871. The summed E-state index contributed by atoms with van der Waals surface area (Å²) in [4.78, 5) is 33.2. The number of nitrogens with zero attached hydrogens (tertiary/aromatic N) is 2. The van der Waals surface area contributed by atoms with Crippen LogP contribution in [0.25, 0.3) is 11.0 Å². The molecule has 3 heterocycles. The number of aromatic nitrogens is 1. The highest BCUT2D eigenvalue weighted by Crippen LogP contribution is 2.42. The number of anilines is 1. The molecule has 2 aromatic heterocycles. The van der Waals surface area contributed by atoms with Crippen LogP contribution in [0.5, 0.6) is 5.75 Å². The van der Waals surface area contributed by atoms with Crippen molar-refractivity contribution in [3.05, 3.63) is 85.7 Å². The van der Waals surface area contributed by atoms with E-state index in [0.717, 1.165) is 17.7 Å². The van der Waals surface area contributed by atoms with E-state index >= 15 is 0 Å². The molecular formula is C24H19ClN2O4S. The summed E-state index contributed by atoms with van der Waals surface area (Å²) >= 11 is 7.49. The second-order valence-corrected chi connectivity index (χ2v) is 8.86. The average molecular weight is 467 g/mol. The summed E-state index contributed by atoms with van der Waals surface area (Å²) < 4.78 is 11.7. The molecule has 0 saturated carbocycles. The minimum absolute atomic E-state index is 0.0301. The second kappa shape index (κ2) is 8.07. The van der Waals surface area contributed by atoms with Crippen LogP contribution in [0.2, 0.25) is 5.02 Å². The number of carbonyl (C=O) groups excluding carboxylic acids is 1. The third-order valence-corrected chi connectivity index (χ3v) is 6.48. The molecule has 0 bridgehead atoms. The number of ether oxygens (including phenoxy) is 1. The van der Waals surface area contributed by atoms with Crippen LogP contribution in [-0.4, -0.2) is 17.5 Å². The fraction of sp³-hybridized carbons (Fsp3) is 0.208. The highest BCUT2D eigenvalue weighted by molar-refractivity contribution is 7.14. The number of fused-ring (bicyclic) bond motifs is 2. The van der Waals surface area contributed by atoms with Gasteiger partial charge in [-0.25, -0.2) is 4.98 Å². The maximum absolute atomic E-state index is 13.6. The maximum Gasteiger partial charge on any atom is 0.297 e. The Morgan fingerprint density at radius 1 is 1.22 bits per heavy atom. The third kappa shape index (κ3) is 3.38. The van der Waals surface area contributed by atoms with E-state index in [9.17, 15) is 9.59 Å². The third-order valence-electron chi connectivity index (χ3n) is 5.29. The van der Waals surface area contributed by atoms with Gasteiger partial charge in [-0.15, -0.1) is 11.3 Å². The average Bonchev–Trinajstić information content (AvgIpc) is 3.34. The summed E-state index contributed by atoms with van der Waals surface area (Å²) in [6.45, 7) is 4.47. The Kier molecular flexibility index (Phi) is 5.23. The number of carbonyl (C=O) groups is 1. The molecule has 32 heavy (non-hydrogen) atoms. The Balaban J connectivity index is 1.76. The van der Waals surface area contributed by atoms with Crippen LogP contribution in [-0.2, 0) is 0 Å². The molecule has 2 aromatic carbocycles. The van der Waals surface area contributed by atoms with Crippen LogP contribution < -0.4 is 15.1 Å². The van der Waals surface area contributed by atoms with Crippen molar-refractivity contribution < 1.29 is 13.9 Å². The minimum atomic E-state index is -0.687. The lowest BCUT2D eigenvalue weighted by Gasteiger charge is -2.23. The monoisotopic (exact) mass is 466 g/mol. The highest BCUT2D eigenvalue weighted by atomic mass is 35.5. The second-order valence-electron chi connectivity index (χ2n) is 7.58. The highest BCUT2D eigenvalue weighted by Gasteiger charge is 2.45. The Bertz CT molecular complexity index is 1410. The molecule has 0 spiro atoms. The van der Waals surface area contributed by atoms with E-state index in [1.807, 2.05) is 43.5 Å². The molecule has 0 radical (unpaired) electrons. The van der Waals surface area contributed by atoms with Gasteiger partial charge < -0.3 is 9.15 Å². The van der Waals surface area contributed by atoms with E-state index in [2.05, 4.69) is 4.98 Å². The lowest BCUT2D eigenvalue weighted by Crippen LogP contribution is -2.29. The molecule has 1 aliphatic rings. The maximum atomic E-state index is 13.6. The molecule has 0 saturated heterocycles. The number of thiazole rings is 1. The van der Waals surface area contributed by atoms with Crippen LogP contribution in [0.15, 0.2) is 57.1 Å². The van der Waals surface area contributed by atoms with Gasteiger partial charge in [-0.2, -0.15) is 0 Å². The number of amides is 1. The Labute approximate surface area is 193 Å². The Morgan fingerprint density at radius 3 is 2.81 bits per heavy atom. The molecule has 0 aliphatic carbocycles. The van der Waals surface area contributed by atoms with E-state index in [4.69, 9.17) is 20.8 Å². The molecule has 0 fully saturated rings. The van der Waals surface area contributed by atoms with Crippen molar-refractivity contribution in [3.63, 3.8) is 0 Å². The first kappa shape index (κ1) is 20.7. The van der Waals surface area contributed by atoms with Crippen molar-refractivity contribution in [1.82, 2.24) is 4.98 Å². The van der Waals surface area contributed by atoms with E-state index in [-0.39, 0.29) is 16.8 Å². The SMILES string of the molecule is CCCOc1cccc([C@H]2c3c(oc4ccc(Cl)cc4c3=O)C(=O)N2c2nc(C)cs2)c1. The van der Waals surface area contributed by atoms with Gasteiger partial charge in [-0.3, -0.25) is 14.5 Å². The van der Waals surface area contributed by atoms with Gasteiger partial charge in [-0.1, -0.05) is 30.7 Å². The summed E-state index contributed by atoms with van der Waals surface area (Å²) in [7, 11) is 0. The molecule has 1 atom stereocenters. The molecular weight excluding hydrogens is 448 g/mol. The van der Waals surface area contributed by atoms with Crippen molar-refractivity contribution in [2.45, 2.75) is 26.3 Å². The summed E-state index contributed by atoms with van der Waals surface area (Å²) in [6, 6.07) is 11.6. The number of benzene rings is 2. The molecule has 4 aromatic rings. The summed E-state index contributed by atoms with van der Waals surface area (Å²) in [5, 5.41) is 3.14. The van der Waals surface area contributed by atoms with Crippen molar-refractivity contribution in [2.24, 2.45) is 0 Å². The first-order valence-corrected chi connectivity index (χ1v) is 11.5. The van der Waals surface area contributed by atoms with Crippen LogP contribution in [0.4, 0.5) is 5.13 Å². The van der Waals surface area contributed by atoms with Gasteiger partial charge >= 0.3 is 0 Å². The van der Waals surface area contributed by atoms with Gasteiger partial charge in [0.25, 0.3) is 5.91 Å². The summed E-state index contributed by atoms with van der Waals surface area (Å²) in [5.41, 5.74) is 1.86. The van der Waals surface area contributed by atoms with Gasteiger partial charge in [0.2, 0.25) is 5.76 Å². The molecule has 6 nitrogen and oxygen atoms in total. The largest absolute Gasteiger partial charge is 0.494 e. The van der Waals surface area contributed by atoms with Crippen LogP contribution in [0, 0.1) is 6.92 Å². The lowest BCUT2D eigenvalue weighted by atomic mass is 9.98. The van der Waals surface area contributed by atoms with Gasteiger partial charge in [0.1, 0.15) is 11.3 Å². The van der Waals surface area contributed by atoms with E-state index < -0.39 is 11.9 Å². The topological polar surface area (TPSA) is 72.6 Å². The first-order chi connectivity index (χ1) is 15.5. The predicted octanol–water partition coefficient (Wildman–Crippen LogP) is 5.75. The number of rotatable bonds is 5. The van der Waals surface area contributed by atoms with Crippen LogP contribution in [0.3, 0.4) is 0 Å². The van der Waals surface area contributed by atoms with E-state index in [1.54, 1.807) is 18.2 Å². The molecule has 8 heteroatoms. The van der Waals surface area contributed by atoms with Crippen molar-refractivity contribution in [2.75, 3.05) is 11.5 Å². The molecule has 162 valence electrons. The number of aryl methyl sites for hydroxylation is 1. The van der Waals surface area contributed by atoms with Gasteiger partial charge in [0, 0.05) is 10.4 Å². The number of hydrogen-bond acceptors (Lipinski definition) is 6. The fourth-order valence-electron chi connectivity index (χ4n) is 3.90. The minimum Gasteiger partial charge on any atom is -0.494 e. The lowest BCUT2D eigenvalue weighted by molar-refractivity contribution is 0.0971. The van der Waals surface area contributed by atoms with Crippen molar-refractivity contribution in [1.29, 1.82) is 0 Å². The van der Waals surface area contributed by atoms with Crippen molar-refractivity contribution >= 4 is 44.9 Å². The molecule has 1 aliphatic heterocycles. The van der Waals surface area contributed by atoms with Gasteiger partial charge in [0.15, 0.2) is 10.6 Å². The summed E-state index contributed by atoms with van der Waals surface area (Å²) in [5.74, 6) is 0.310. The normalized spacial score (nSPS) is 15.4. The first-order valence-electron chi connectivity index (χ1n) is 10.2. The molecule has 0 unspecified atom stereocenters. The Morgan fingerprint density at radius 2 is 2.06 bits per heavy atom. The van der Waals surface area contributed by atoms with Gasteiger partial charge in [0.05, 0.1) is 29.3 Å². The van der Waals surface area contributed by atoms with Crippen LogP contribution >= 0.6 is 22.9 Å². The zero-order valence-electron chi connectivity index (χ0n) is 17.4. The van der Waals surface area contributed by atoms with E-state index in [0.29, 0.717) is 33.5 Å². The van der Waals surface area contributed by atoms with Crippen LogP contribution in [0.1, 0.15) is 46.8 Å². The Hall–Kier alpha value is -3.16. The number of halogens is 1. The quantitative estimate of drug-likeness (QED) is 0.374. The molecule has 1 amide bonds. The molecule has 0 N–H and O–H groups in total. The predicted molar refractivity (Wildman–Crippen MR) is 125 cm³/mol. The van der Waals surface area contributed by atoms with E-state index in [1.165, 1.54) is 16.2 Å². The van der Waals surface area contributed by atoms with Crippen molar-refractivity contribution in [3.8, 4) is 5.75 Å². The zero-order chi connectivity index (χ0) is 22.4. The smallest absolute Gasteiger partial charge is 0.297 e. The zero-order valence-corrected chi connectivity index (χ0v) is 19.0. The van der Waals surface area contributed by atoms with Gasteiger partial charge in [-0.05, 0) is 49.2 Å². The molecule has 5 rings (SSSR count). The standard InChI is InChI=1S/C24H19ClN2O4S/c1-3-9-30-16-6-4-5-14(10-16)20-19-21(28)17-11-15(25)7-8-18(17)31-22(19)23(29)27(20)24-26-13(2)12-32-24/h4-8,10-12,20H,3,9H2,1-2H3/t20-/m0/s1.